The third-order valence-electron chi connectivity index (χ3n) is 2.08. The lowest BCUT2D eigenvalue weighted by molar-refractivity contribution is 0.530. The fourth-order valence-electron chi connectivity index (χ4n) is 1.29. The van der Waals surface area contributed by atoms with Crippen LogP contribution in [0.25, 0.3) is 11.3 Å². The molecular weight excluding hydrogens is 236 g/mol. The number of hydrogen-bond donors (Lipinski definition) is 2. The smallest absolute Gasteiger partial charge is 0.205 e. The Hall–Kier alpha value is -1.95. The summed E-state index contributed by atoms with van der Waals surface area (Å²) >= 11 is 1.28. The molecule has 17 heavy (non-hydrogen) atoms. The van der Waals surface area contributed by atoms with Gasteiger partial charge in [-0.3, -0.25) is 0 Å². The number of aromatic nitrogens is 1. The van der Waals surface area contributed by atoms with Gasteiger partial charge >= 0.3 is 0 Å². The second-order valence-electron chi connectivity index (χ2n) is 3.24. The van der Waals surface area contributed by atoms with Gasteiger partial charge in [-0.2, -0.15) is 5.10 Å². The zero-order chi connectivity index (χ0) is 12.1. The van der Waals surface area contributed by atoms with E-state index in [0.29, 0.717) is 16.8 Å². The van der Waals surface area contributed by atoms with E-state index >= 15 is 0 Å². The normalized spacial score (nSPS) is 11.6. The molecule has 0 fully saturated rings. The zero-order valence-electron chi connectivity index (χ0n) is 9.04. The maximum Gasteiger partial charge on any atom is 0.205 e. The molecule has 5 nitrogen and oxygen atoms in total. The minimum Gasteiger partial charge on any atom is -0.440 e. The van der Waals surface area contributed by atoms with Gasteiger partial charge in [-0.1, -0.05) is 42.1 Å². The molecule has 88 valence electrons. The first kappa shape index (κ1) is 11.5. The van der Waals surface area contributed by atoms with Crippen molar-refractivity contribution in [2.45, 2.75) is 5.75 Å². The summed E-state index contributed by atoms with van der Waals surface area (Å²) in [5.41, 5.74) is 6.45. The third-order valence-corrected chi connectivity index (χ3v) is 2.88. The SMILES string of the molecule is NN=C(N)SCc1ncc(-c2ccccc2)o1. The first-order valence-electron chi connectivity index (χ1n) is 4.96. The van der Waals surface area contributed by atoms with Gasteiger partial charge in [-0.15, -0.1) is 0 Å². The number of amidine groups is 1. The summed E-state index contributed by atoms with van der Waals surface area (Å²) in [6, 6.07) is 9.78. The number of nitrogens with two attached hydrogens (primary N) is 2. The summed E-state index contributed by atoms with van der Waals surface area (Å²) in [6.07, 6.45) is 1.70. The van der Waals surface area contributed by atoms with Crippen LogP contribution in [0.3, 0.4) is 0 Å². The van der Waals surface area contributed by atoms with E-state index in [0.717, 1.165) is 11.3 Å². The minimum atomic E-state index is 0.310. The Balaban J connectivity index is 2.06. The Kier molecular flexibility index (Phi) is 3.66. The summed E-state index contributed by atoms with van der Waals surface area (Å²) in [4.78, 5) is 4.16. The van der Waals surface area contributed by atoms with Crippen LogP contribution in [-0.2, 0) is 5.75 Å². The molecule has 0 aliphatic rings. The molecule has 6 heteroatoms. The molecule has 0 aliphatic carbocycles. The third kappa shape index (κ3) is 3.01. The highest BCUT2D eigenvalue weighted by Gasteiger charge is 2.06. The molecule has 0 unspecified atom stereocenters. The van der Waals surface area contributed by atoms with Crippen LogP contribution in [-0.4, -0.2) is 10.2 Å². The molecule has 0 saturated carbocycles. The topological polar surface area (TPSA) is 90.4 Å². The standard InChI is InChI=1S/C11H12N4OS/c12-11(15-13)17-7-10-14-6-9(16-10)8-4-2-1-3-5-8/h1-6H,7,13H2,(H2,12,15). The van der Waals surface area contributed by atoms with Crippen LogP contribution in [0.4, 0.5) is 0 Å². The highest BCUT2D eigenvalue weighted by molar-refractivity contribution is 8.13. The van der Waals surface area contributed by atoms with Crippen molar-refractivity contribution in [1.29, 1.82) is 0 Å². The minimum absolute atomic E-state index is 0.310. The Morgan fingerprint density at radius 1 is 1.35 bits per heavy atom. The molecule has 4 N–H and O–H groups in total. The number of nitrogens with zero attached hydrogens (tertiary/aromatic N) is 2. The molecule has 2 rings (SSSR count). The highest BCUT2D eigenvalue weighted by Crippen LogP contribution is 2.21. The maximum absolute atomic E-state index is 5.58. The van der Waals surface area contributed by atoms with Crippen molar-refractivity contribution in [3.8, 4) is 11.3 Å². The molecule has 2 aromatic rings. The summed E-state index contributed by atoms with van der Waals surface area (Å²) < 4.78 is 5.58. The second-order valence-corrected chi connectivity index (χ2v) is 4.24. The number of hydrazone groups is 1. The van der Waals surface area contributed by atoms with Crippen LogP contribution >= 0.6 is 11.8 Å². The fraction of sp³-hybridized carbons (Fsp3) is 0.0909. The van der Waals surface area contributed by atoms with Crippen LogP contribution in [0.2, 0.25) is 0 Å². The van der Waals surface area contributed by atoms with Crippen LogP contribution in [0.15, 0.2) is 46.0 Å². The van der Waals surface area contributed by atoms with Gasteiger partial charge in [0, 0.05) is 5.56 Å². The van der Waals surface area contributed by atoms with Crippen molar-refractivity contribution >= 4 is 16.9 Å². The second kappa shape index (κ2) is 5.40. The van der Waals surface area contributed by atoms with E-state index in [1.807, 2.05) is 30.3 Å². The van der Waals surface area contributed by atoms with Crippen molar-refractivity contribution in [2.75, 3.05) is 0 Å². The van der Waals surface area contributed by atoms with Crippen molar-refractivity contribution in [2.24, 2.45) is 16.7 Å². The van der Waals surface area contributed by atoms with Crippen molar-refractivity contribution in [1.82, 2.24) is 4.98 Å². The average molecular weight is 248 g/mol. The lowest BCUT2D eigenvalue weighted by atomic mass is 10.2. The van der Waals surface area contributed by atoms with E-state index < -0.39 is 0 Å². The summed E-state index contributed by atoms with van der Waals surface area (Å²) in [5.74, 6) is 6.87. The summed E-state index contributed by atoms with van der Waals surface area (Å²) in [6.45, 7) is 0. The molecule has 0 saturated heterocycles. The van der Waals surface area contributed by atoms with Crippen LogP contribution in [0, 0.1) is 0 Å². The molecule has 0 bridgehead atoms. The molecule has 0 radical (unpaired) electrons. The van der Waals surface area contributed by atoms with Gasteiger partial charge in [-0.25, -0.2) is 4.98 Å². The monoisotopic (exact) mass is 248 g/mol. The number of oxazole rings is 1. The van der Waals surface area contributed by atoms with Gasteiger partial charge in [-0.05, 0) is 0 Å². The summed E-state index contributed by atoms with van der Waals surface area (Å²) in [5, 5.41) is 3.67. The molecule has 1 aromatic carbocycles. The fourth-order valence-corrected chi connectivity index (χ4v) is 1.77. The van der Waals surface area contributed by atoms with Crippen molar-refractivity contribution < 1.29 is 4.42 Å². The van der Waals surface area contributed by atoms with Crippen molar-refractivity contribution in [3.63, 3.8) is 0 Å². The lowest BCUT2D eigenvalue weighted by Gasteiger charge is -1.96. The van der Waals surface area contributed by atoms with E-state index in [1.54, 1.807) is 6.20 Å². The zero-order valence-corrected chi connectivity index (χ0v) is 9.85. The Morgan fingerprint density at radius 2 is 2.12 bits per heavy atom. The van der Waals surface area contributed by atoms with Gasteiger partial charge in [0.25, 0.3) is 0 Å². The van der Waals surface area contributed by atoms with E-state index in [1.165, 1.54) is 11.8 Å². The Morgan fingerprint density at radius 3 is 2.82 bits per heavy atom. The van der Waals surface area contributed by atoms with E-state index in [4.69, 9.17) is 16.0 Å². The van der Waals surface area contributed by atoms with E-state index in [2.05, 4.69) is 10.1 Å². The molecule has 0 aliphatic heterocycles. The molecule has 0 spiro atoms. The van der Waals surface area contributed by atoms with Gasteiger partial charge in [0.15, 0.2) is 10.9 Å². The summed E-state index contributed by atoms with van der Waals surface area (Å²) in [7, 11) is 0. The predicted molar refractivity (Wildman–Crippen MR) is 69.0 cm³/mol. The lowest BCUT2D eigenvalue weighted by Crippen LogP contribution is -2.09. The van der Waals surface area contributed by atoms with Crippen LogP contribution < -0.4 is 11.6 Å². The quantitative estimate of drug-likeness (QED) is 0.374. The van der Waals surface area contributed by atoms with Crippen LogP contribution in [0.5, 0.6) is 0 Å². The molecule has 1 aromatic heterocycles. The van der Waals surface area contributed by atoms with Crippen LogP contribution in [0.1, 0.15) is 5.89 Å². The molecule has 1 heterocycles. The molecule has 0 atom stereocenters. The van der Waals surface area contributed by atoms with Crippen molar-refractivity contribution in [3.05, 3.63) is 42.4 Å². The molecule has 0 amide bonds. The Bertz CT molecular complexity index is 509. The van der Waals surface area contributed by atoms with Gasteiger partial charge in [0.2, 0.25) is 5.89 Å². The van der Waals surface area contributed by atoms with Gasteiger partial charge in [0.1, 0.15) is 0 Å². The number of rotatable bonds is 3. The largest absolute Gasteiger partial charge is 0.440 e. The van der Waals surface area contributed by atoms with Gasteiger partial charge < -0.3 is 16.0 Å². The van der Waals surface area contributed by atoms with E-state index in [9.17, 15) is 0 Å². The number of hydrogen-bond acceptors (Lipinski definition) is 5. The molecular formula is C11H12N4OS. The predicted octanol–water partition coefficient (Wildman–Crippen LogP) is 1.76. The van der Waals surface area contributed by atoms with Gasteiger partial charge in [0.05, 0.1) is 11.9 Å². The average Bonchev–Trinajstić information content (AvgIpc) is 2.86. The maximum atomic E-state index is 5.58. The Labute approximate surface area is 103 Å². The highest BCUT2D eigenvalue weighted by atomic mass is 32.2. The first-order chi connectivity index (χ1) is 8.29. The first-order valence-corrected chi connectivity index (χ1v) is 5.94. The van der Waals surface area contributed by atoms with E-state index in [-0.39, 0.29) is 0 Å². The number of thioether (sulfide) groups is 1. The number of benzene rings is 1.